The number of fused-ring (bicyclic) bond motifs is 1. The minimum absolute atomic E-state index is 0.0124. The summed E-state index contributed by atoms with van der Waals surface area (Å²) in [4.78, 5) is 4.51. The Morgan fingerprint density at radius 3 is 2.62 bits per heavy atom. The molecule has 1 N–H and O–H groups in total. The van der Waals surface area contributed by atoms with Crippen LogP contribution in [0.25, 0.3) is 0 Å². The molecule has 1 aromatic heterocycles. The Balaban J connectivity index is 1.47. The third-order valence-corrected chi connectivity index (χ3v) is 7.83. The fourth-order valence-corrected chi connectivity index (χ4v) is 5.79. The van der Waals surface area contributed by atoms with Gasteiger partial charge in [0.15, 0.2) is 0 Å². The van der Waals surface area contributed by atoms with Crippen LogP contribution in [0.2, 0.25) is 0 Å². The number of morpholine rings is 1. The number of nitrogens with zero attached hydrogens (tertiary/aromatic N) is 2. The number of pyridine rings is 1. The van der Waals surface area contributed by atoms with Crippen LogP contribution >= 0.6 is 11.8 Å². The third kappa shape index (κ3) is 3.39. The average Bonchev–Trinajstić information content (AvgIpc) is 2.99. The van der Waals surface area contributed by atoms with Gasteiger partial charge in [-0.1, -0.05) is 36.0 Å². The number of aliphatic hydroxyl groups excluding tert-OH is 1. The van der Waals surface area contributed by atoms with Crippen LogP contribution in [0, 0.1) is 0 Å². The van der Waals surface area contributed by atoms with Crippen LogP contribution < -0.4 is 0 Å². The van der Waals surface area contributed by atoms with Crippen LogP contribution in [0.3, 0.4) is 0 Å². The molecule has 2 aliphatic rings. The molecule has 0 spiro atoms. The van der Waals surface area contributed by atoms with Gasteiger partial charge in [-0.25, -0.2) is 13.4 Å². The third-order valence-electron chi connectivity index (χ3n) is 4.74. The van der Waals surface area contributed by atoms with E-state index < -0.39 is 16.1 Å². The highest BCUT2D eigenvalue weighted by Gasteiger charge is 2.32. The van der Waals surface area contributed by atoms with Crippen molar-refractivity contribution >= 4 is 21.8 Å². The molecule has 2 heterocycles. The first-order valence-corrected chi connectivity index (χ1v) is 10.8. The molecule has 1 aliphatic carbocycles. The molecule has 26 heavy (non-hydrogen) atoms. The molecule has 1 aliphatic heterocycles. The second-order valence-electron chi connectivity index (χ2n) is 6.35. The maximum absolute atomic E-state index is 12.6. The second kappa shape index (κ2) is 7.28. The van der Waals surface area contributed by atoms with Crippen molar-refractivity contribution in [2.45, 2.75) is 27.7 Å². The number of rotatable bonds is 4. The van der Waals surface area contributed by atoms with Gasteiger partial charge in [0.1, 0.15) is 4.90 Å². The van der Waals surface area contributed by atoms with E-state index in [2.05, 4.69) is 4.98 Å². The molecule has 0 bridgehead atoms. The van der Waals surface area contributed by atoms with Crippen LogP contribution in [-0.4, -0.2) is 54.4 Å². The van der Waals surface area contributed by atoms with Gasteiger partial charge in [0.2, 0.25) is 10.0 Å². The van der Waals surface area contributed by atoms with E-state index in [-0.39, 0.29) is 10.1 Å². The highest BCUT2D eigenvalue weighted by atomic mass is 32.2. The summed E-state index contributed by atoms with van der Waals surface area (Å²) >= 11 is 1.48. The molecule has 4 rings (SSSR count). The SMILES string of the molecule is O=S(=O)(c1ccc(S[C@@H]2Cc3ccccc3[C@@H]2O)nc1)N1CCOCC1. The number of thioether (sulfide) groups is 1. The van der Waals surface area contributed by atoms with Crippen LogP contribution in [-0.2, 0) is 21.2 Å². The first kappa shape index (κ1) is 17.9. The standard InChI is InChI=1S/C18H20N2O4S2/c21-18-15-4-2-1-3-13(15)11-16(18)25-17-6-5-14(12-19-17)26(22,23)20-7-9-24-10-8-20/h1-6,12,16,18,21H,7-11H2/t16-,18+/m1/s1. The Labute approximate surface area is 157 Å². The molecule has 0 unspecified atom stereocenters. The van der Waals surface area contributed by atoms with E-state index in [0.29, 0.717) is 31.3 Å². The summed E-state index contributed by atoms with van der Waals surface area (Å²) < 4.78 is 31.9. The minimum atomic E-state index is -3.53. The second-order valence-corrected chi connectivity index (χ2v) is 9.55. The number of hydrogen-bond donors (Lipinski definition) is 1. The van der Waals surface area contributed by atoms with Crippen LogP contribution in [0.5, 0.6) is 0 Å². The van der Waals surface area contributed by atoms with Crippen molar-refractivity contribution in [2.24, 2.45) is 0 Å². The molecule has 1 aromatic carbocycles. The lowest BCUT2D eigenvalue weighted by atomic mass is 10.1. The van der Waals surface area contributed by atoms with Crippen molar-refractivity contribution in [1.29, 1.82) is 0 Å². The number of aromatic nitrogens is 1. The molecule has 2 aromatic rings. The normalized spacial score (nSPS) is 23.7. The zero-order chi connectivity index (χ0) is 18.1. The number of ether oxygens (including phenoxy) is 1. The number of benzene rings is 1. The van der Waals surface area contributed by atoms with Crippen molar-refractivity contribution in [3.05, 3.63) is 53.7 Å². The van der Waals surface area contributed by atoms with Crippen molar-refractivity contribution in [2.75, 3.05) is 26.3 Å². The highest BCUT2D eigenvalue weighted by molar-refractivity contribution is 7.99. The summed E-state index contributed by atoms with van der Waals surface area (Å²) in [5.74, 6) is 0. The lowest BCUT2D eigenvalue weighted by Gasteiger charge is -2.25. The van der Waals surface area contributed by atoms with Gasteiger partial charge in [-0.2, -0.15) is 4.31 Å². The summed E-state index contributed by atoms with van der Waals surface area (Å²) in [5, 5.41) is 11.2. The zero-order valence-corrected chi connectivity index (χ0v) is 15.7. The van der Waals surface area contributed by atoms with Crippen molar-refractivity contribution < 1.29 is 18.3 Å². The summed E-state index contributed by atoms with van der Waals surface area (Å²) in [6, 6.07) is 11.2. The van der Waals surface area contributed by atoms with Crippen LogP contribution in [0.4, 0.5) is 0 Å². The number of hydrogen-bond acceptors (Lipinski definition) is 6. The van der Waals surface area contributed by atoms with Gasteiger partial charge >= 0.3 is 0 Å². The first-order chi connectivity index (χ1) is 12.6. The molecule has 0 radical (unpaired) electrons. The highest BCUT2D eigenvalue weighted by Crippen LogP contribution is 2.40. The van der Waals surface area contributed by atoms with Gasteiger partial charge < -0.3 is 9.84 Å². The monoisotopic (exact) mass is 392 g/mol. The molecular formula is C18H20N2O4S2. The van der Waals surface area contributed by atoms with E-state index in [0.717, 1.165) is 17.5 Å². The molecule has 8 heteroatoms. The Bertz CT molecular complexity index is 880. The van der Waals surface area contributed by atoms with Gasteiger partial charge in [-0.3, -0.25) is 0 Å². The molecule has 0 saturated carbocycles. The van der Waals surface area contributed by atoms with Gasteiger partial charge in [0.25, 0.3) is 0 Å². The fourth-order valence-electron chi connectivity index (χ4n) is 3.32. The van der Waals surface area contributed by atoms with Crippen LogP contribution in [0.1, 0.15) is 17.2 Å². The maximum Gasteiger partial charge on any atom is 0.244 e. The van der Waals surface area contributed by atoms with Crippen molar-refractivity contribution in [3.63, 3.8) is 0 Å². The number of sulfonamides is 1. The Hall–Kier alpha value is -1.45. The maximum atomic E-state index is 12.6. The largest absolute Gasteiger partial charge is 0.387 e. The van der Waals surface area contributed by atoms with Gasteiger partial charge in [-0.05, 0) is 29.7 Å². The van der Waals surface area contributed by atoms with Crippen LogP contribution in [0.15, 0.2) is 52.5 Å². The van der Waals surface area contributed by atoms with E-state index in [1.807, 2.05) is 24.3 Å². The van der Waals surface area contributed by atoms with Gasteiger partial charge in [0, 0.05) is 24.5 Å². The van der Waals surface area contributed by atoms with E-state index in [1.165, 1.54) is 22.3 Å². The number of aliphatic hydroxyl groups is 1. The first-order valence-electron chi connectivity index (χ1n) is 8.52. The quantitative estimate of drug-likeness (QED) is 0.856. The minimum Gasteiger partial charge on any atom is -0.387 e. The summed E-state index contributed by atoms with van der Waals surface area (Å²) in [7, 11) is -3.53. The molecule has 138 valence electrons. The van der Waals surface area contributed by atoms with E-state index in [1.54, 1.807) is 12.1 Å². The molecule has 1 fully saturated rings. The lowest BCUT2D eigenvalue weighted by Crippen LogP contribution is -2.40. The molecular weight excluding hydrogens is 372 g/mol. The molecule has 1 saturated heterocycles. The molecule has 2 atom stereocenters. The summed E-state index contributed by atoms with van der Waals surface area (Å²) in [6.45, 7) is 1.57. The van der Waals surface area contributed by atoms with Crippen molar-refractivity contribution in [3.8, 4) is 0 Å². The van der Waals surface area contributed by atoms with Crippen molar-refractivity contribution in [1.82, 2.24) is 9.29 Å². The molecule has 6 nitrogen and oxygen atoms in total. The van der Waals surface area contributed by atoms with E-state index in [9.17, 15) is 13.5 Å². The van der Waals surface area contributed by atoms with E-state index >= 15 is 0 Å². The predicted octanol–water partition coefficient (Wildman–Crippen LogP) is 1.85. The summed E-state index contributed by atoms with van der Waals surface area (Å²) in [5.41, 5.74) is 2.13. The Morgan fingerprint density at radius 2 is 1.92 bits per heavy atom. The fraction of sp³-hybridized carbons (Fsp3) is 0.389. The zero-order valence-electron chi connectivity index (χ0n) is 14.1. The Morgan fingerprint density at radius 1 is 1.15 bits per heavy atom. The smallest absolute Gasteiger partial charge is 0.244 e. The van der Waals surface area contributed by atoms with Gasteiger partial charge in [-0.15, -0.1) is 0 Å². The molecule has 0 amide bonds. The topological polar surface area (TPSA) is 79.7 Å². The predicted molar refractivity (Wildman–Crippen MR) is 98.6 cm³/mol. The Kier molecular flexibility index (Phi) is 5.02. The van der Waals surface area contributed by atoms with E-state index in [4.69, 9.17) is 4.74 Å². The lowest BCUT2D eigenvalue weighted by molar-refractivity contribution is 0.0730. The average molecular weight is 393 g/mol. The summed E-state index contributed by atoms with van der Waals surface area (Å²) in [6.07, 6.45) is 1.65. The van der Waals surface area contributed by atoms with Gasteiger partial charge in [0.05, 0.1) is 24.3 Å².